The number of imidazole rings is 1. The van der Waals surface area contributed by atoms with Crippen molar-refractivity contribution in [3.05, 3.63) is 23.8 Å². The topological polar surface area (TPSA) is 43.8 Å². The third kappa shape index (κ3) is 1.90. The third-order valence-electron chi connectivity index (χ3n) is 3.92. The lowest BCUT2D eigenvalue weighted by Gasteiger charge is -2.25. The van der Waals surface area contributed by atoms with Gasteiger partial charge in [0.2, 0.25) is 5.95 Å². The first-order valence-corrected chi connectivity index (χ1v) is 6.46. The minimum atomic E-state index is 0.657. The number of nitrogens with zero attached hydrogens (tertiary/aromatic N) is 2. The van der Waals surface area contributed by atoms with E-state index in [9.17, 15) is 0 Å². The summed E-state index contributed by atoms with van der Waals surface area (Å²) in [5.74, 6) is 1.57. The highest BCUT2D eigenvalue weighted by Gasteiger charge is 2.18. The Morgan fingerprint density at radius 1 is 1.41 bits per heavy atom. The second-order valence-corrected chi connectivity index (χ2v) is 5.20. The first-order valence-electron chi connectivity index (χ1n) is 6.46. The average molecular weight is 229 g/mol. The number of nitrogen functional groups attached to an aromatic ring is 1. The van der Waals surface area contributed by atoms with Crippen molar-refractivity contribution in [2.75, 3.05) is 5.73 Å². The van der Waals surface area contributed by atoms with Crippen molar-refractivity contribution in [2.45, 2.75) is 39.2 Å². The number of fused-ring (bicyclic) bond motifs is 1. The summed E-state index contributed by atoms with van der Waals surface area (Å²) in [6.45, 7) is 3.10. The van der Waals surface area contributed by atoms with Gasteiger partial charge >= 0.3 is 0 Å². The van der Waals surface area contributed by atoms with Gasteiger partial charge in [-0.25, -0.2) is 4.98 Å². The van der Waals surface area contributed by atoms with Crippen molar-refractivity contribution in [1.82, 2.24) is 9.55 Å². The zero-order valence-electron chi connectivity index (χ0n) is 10.3. The second kappa shape index (κ2) is 4.06. The van der Waals surface area contributed by atoms with Crippen LogP contribution in [0, 0.1) is 12.8 Å². The van der Waals surface area contributed by atoms with E-state index in [1.54, 1.807) is 0 Å². The quantitative estimate of drug-likeness (QED) is 0.878. The van der Waals surface area contributed by atoms with Crippen LogP contribution in [0.25, 0.3) is 11.0 Å². The highest BCUT2D eigenvalue weighted by atomic mass is 15.1. The molecule has 1 aliphatic rings. The van der Waals surface area contributed by atoms with Gasteiger partial charge in [-0.1, -0.05) is 25.3 Å². The zero-order chi connectivity index (χ0) is 11.8. The Bertz CT molecular complexity index is 538. The van der Waals surface area contributed by atoms with Crippen molar-refractivity contribution < 1.29 is 0 Å². The van der Waals surface area contributed by atoms with Crippen LogP contribution < -0.4 is 5.73 Å². The SMILES string of the molecule is Cc1ccc2c(c1)nc(N)n2CCC1CCC1. The smallest absolute Gasteiger partial charge is 0.201 e. The van der Waals surface area contributed by atoms with Crippen LogP contribution in [0.15, 0.2) is 18.2 Å². The fourth-order valence-electron chi connectivity index (χ4n) is 2.59. The monoisotopic (exact) mass is 229 g/mol. The predicted octanol–water partition coefficient (Wildman–Crippen LogP) is 3.12. The minimum absolute atomic E-state index is 0.657. The van der Waals surface area contributed by atoms with Crippen molar-refractivity contribution in [3.8, 4) is 0 Å². The Morgan fingerprint density at radius 3 is 2.94 bits per heavy atom. The number of benzene rings is 1. The van der Waals surface area contributed by atoms with Crippen LogP contribution in [0.2, 0.25) is 0 Å². The van der Waals surface area contributed by atoms with Gasteiger partial charge in [0.1, 0.15) is 0 Å². The molecule has 0 atom stereocenters. The summed E-state index contributed by atoms with van der Waals surface area (Å²) in [4.78, 5) is 4.44. The molecule has 3 rings (SSSR count). The van der Waals surface area contributed by atoms with Crippen LogP contribution in [-0.2, 0) is 6.54 Å². The van der Waals surface area contributed by atoms with Crippen LogP contribution in [0.3, 0.4) is 0 Å². The third-order valence-corrected chi connectivity index (χ3v) is 3.92. The summed E-state index contributed by atoms with van der Waals surface area (Å²) < 4.78 is 2.16. The fraction of sp³-hybridized carbons (Fsp3) is 0.500. The van der Waals surface area contributed by atoms with E-state index in [2.05, 4.69) is 34.7 Å². The Kier molecular flexibility index (Phi) is 2.54. The van der Waals surface area contributed by atoms with Crippen molar-refractivity contribution in [3.63, 3.8) is 0 Å². The van der Waals surface area contributed by atoms with Crippen molar-refractivity contribution in [2.24, 2.45) is 5.92 Å². The van der Waals surface area contributed by atoms with Gasteiger partial charge in [0.15, 0.2) is 0 Å². The number of rotatable bonds is 3. The van der Waals surface area contributed by atoms with Gasteiger partial charge in [-0.2, -0.15) is 0 Å². The molecule has 3 nitrogen and oxygen atoms in total. The lowest BCUT2D eigenvalue weighted by atomic mass is 9.83. The van der Waals surface area contributed by atoms with E-state index in [-0.39, 0.29) is 0 Å². The molecule has 3 heteroatoms. The Balaban J connectivity index is 1.88. The van der Waals surface area contributed by atoms with Gasteiger partial charge in [-0.05, 0) is 37.0 Å². The standard InChI is InChI=1S/C14H19N3/c1-10-5-6-13-12(9-10)16-14(15)17(13)8-7-11-3-2-4-11/h5-6,9,11H,2-4,7-8H2,1H3,(H2,15,16). The first-order chi connectivity index (χ1) is 8.24. The molecule has 2 N–H and O–H groups in total. The summed E-state index contributed by atoms with van der Waals surface area (Å²) >= 11 is 0. The maximum Gasteiger partial charge on any atom is 0.201 e. The van der Waals surface area contributed by atoms with Gasteiger partial charge in [-0.3, -0.25) is 0 Å². The molecule has 1 saturated carbocycles. The Labute approximate surface area is 102 Å². The highest BCUT2D eigenvalue weighted by molar-refractivity contribution is 5.79. The van der Waals surface area contributed by atoms with Gasteiger partial charge in [0.25, 0.3) is 0 Å². The molecule has 1 aromatic heterocycles. The zero-order valence-corrected chi connectivity index (χ0v) is 10.3. The maximum atomic E-state index is 6.00. The van der Waals surface area contributed by atoms with Crippen molar-refractivity contribution >= 4 is 17.0 Å². The molecule has 90 valence electrons. The molecule has 0 spiro atoms. The van der Waals surface area contributed by atoms with Crippen LogP contribution in [0.1, 0.15) is 31.2 Å². The summed E-state index contributed by atoms with van der Waals surface area (Å²) in [5.41, 5.74) is 9.44. The molecule has 1 aromatic carbocycles. The number of aromatic nitrogens is 2. The fourth-order valence-corrected chi connectivity index (χ4v) is 2.59. The van der Waals surface area contributed by atoms with Crippen LogP contribution >= 0.6 is 0 Å². The molecule has 1 fully saturated rings. The molecule has 0 aliphatic heterocycles. The Morgan fingerprint density at radius 2 is 2.24 bits per heavy atom. The predicted molar refractivity (Wildman–Crippen MR) is 70.8 cm³/mol. The summed E-state index contributed by atoms with van der Waals surface area (Å²) in [7, 11) is 0. The molecule has 17 heavy (non-hydrogen) atoms. The first kappa shape index (κ1) is 10.6. The molecule has 0 radical (unpaired) electrons. The van der Waals surface area contributed by atoms with E-state index in [0.717, 1.165) is 18.0 Å². The molecule has 0 bridgehead atoms. The van der Waals surface area contributed by atoms with Gasteiger partial charge < -0.3 is 10.3 Å². The van der Waals surface area contributed by atoms with Gasteiger partial charge in [0, 0.05) is 6.54 Å². The summed E-state index contributed by atoms with van der Waals surface area (Å²) in [6, 6.07) is 6.36. The number of hydrogen-bond acceptors (Lipinski definition) is 2. The maximum absolute atomic E-state index is 6.00. The Hall–Kier alpha value is -1.51. The lowest BCUT2D eigenvalue weighted by Crippen LogP contribution is -2.14. The number of nitrogens with two attached hydrogens (primary N) is 1. The molecule has 0 unspecified atom stereocenters. The van der Waals surface area contributed by atoms with E-state index in [4.69, 9.17) is 5.73 Å². The van der Waals surface area contributed by atoms with Crippen molar-refractivity contribution in [1.29, 1.82) is 0 Å². The van der Waals surface area contributed by atoms with E-state index in [0.29, 0.717) is 5.95 Å². The van der Waals surface area contributed by atoms with E-state index in [1.165, 1.54) is 36.8 Å². The van der Waals surface area contributed by atoms with Gasteiger partial charge in [0.05, 0.1) is 11.0 Å². The number of anilines is 1. The van der Waals surface area contributed by atoms with E-state index >= 15 is 0 Å². The molecular formula is C14H19N3. The molecular weight excluding hydrogens is 210 g/mol. The second-order valence-electron chi connectivity index (χ2n) is 5.20. The molecule has 0 saturated heterocycles. The van der Waals surface area contributed by atoms with Crippen LogP contribution in [0.4, 0.5) is 5.95 Å². The average Bonchev–Trinajstić information content (AvgIpc) is 2.52. The highest BCUT2D eigenvalue weighted by Crippen LogP contribution is 2.30. The van der Waals surface area contributed by atoms with Crippen LogP contribution in [0.5, 0.6) is 0 Å². The largest absolute Gasteiger partial charge is 0.369 e. The van der Waals surface area contributed by atoms with Crippen LogP contribution in [-0.4, -0.2) is 9.55 Å². The minimum Gasteiger partial charge on any atom is -0.369 e. The molecule has 2 aromatic rings. The molecule has 1 aliphatic carbocycles. The lowest BCUT2D eigenvalue weighted by molar-refractivity contribution is 0.284. The molecule has 1 heterocycles. The van der Waals surface area contributed by atoms with Gasteiger partial charge in [-0.15, -0.1) is 0 Å². The molecule has 0 amide bonds. The number of hydrogen-bond donors (Lipinski definition) is 1. The normalized spacial score (nSPS) is 16.3. The summed E-state index contributed by atoms with van der Waals surface area (Å²) in [6.07, 6.45) is 5.44. The number of aryl methyl sites for hydroxylation is 2. The van der Waals surface area contributed by atoms with E-state index in [1.807, 2.05) is 0 Å². The summed E-state index contributed by atoms with van der Waals surface area (Å²) in [5, 5.41) is 0. The van der Waals surface area contributed by atoms with E-state index < -0.39 is 0 Å².